The minimum atomic E-state index is -0.655. The van der Waals surface area contributed by atoms with Crippen molar-refractivity contribution < 1.29 is 9.90 Å². The van der Waals surface area contributed by atoms with Crippen LogP contribution in [0.25, 0.3) is 0 Å². The highest BCUT2D eigenvalue weighted by atomic mass is 16.4. The van der Waals surface area contributed by atoms with Crippen LogP contribution < -0.4 is 0 Å². The average Bonchev–Trinajstić information content (AvgIpc) is 2.56. The first-order valence-electron chi connectivity index (χ1n) is 10.6. The molecule has 0 aliphatic heterocycles. The van der Waals surface area contributed by atoms with E-state index in [9.17, 15) is 4.79 Å². The third kappa shape index (κ3) is 17.8. The Balaban J connectivity index is 3.51. The topological polar surface area (TPSA) is 40.5 Å². The van der Waals surface area contributed by atoms with Gasteiger partial charge in [-0.2, -0.15) is 0 Å². The molecule has 0 unspecified atom stereocenters. The minimum Gasteiger partial charge on any atom is -0.481 e. The molecule has 0 fully saturated rings. The summed E-state index contributed by atoms with van der Waals surface area (Å²) in [4.78, 5) is 13.1. The Morgan fingerprint density at radius 2 is 1.00 bits per heavy atom. The summed E-state index contributed by atoms with van der Waals surface area (Å²) in [5, 5.41) is 8.59. The molecule has 0 heterocycles. The number of hydrogen-bond acceptors (Lipinski definition) is 2. The van der Waals surface area contributed by atoms with Gasteiger partial charge < -0.3 is 10.0 Å². The maximum atomic E-state index is 10.4. The van der Waals surface area contributed by atoms with Crippen molar-refractivity contribution in [2.24, 2.45) is 0 Å². The summed E-state index contributed by atoms with van der Waals surface area (Å²) in [6.07, 6.45) is 18.2. The fraction of sp³-hybridized carbons (Fsp3) is 0.952. The molecule has 0 radical (unpaired) electrons. The van der Waals surface area contributed by atoms with Crippen molar-refractivity contribution in [3.63, 3.8) is 0 Å². The first-order chi connectivity index (χ1) is 11.7. The lowest BCUT2D eigenvalue weighted by atomic mass is 10.1. The normalized spacial score (nSPS) is 11.3. The molecule has 0 aromatic rings. The Bertz CT molecular complexity index is 259. The van der Waals surface area contributed by atoms with Gasteiger partial charge in [0.2, 0.25) is 0 Å². The molecule has 24 heavy (non-hydrogen) atoms. The van der Waals surface area contributed by atoms with E-state index in [0.717, 1.165) is 12.8 Å². The molecule has 0 amide bonds. The third-order valence-electron chi connectivity index (χ3n) is 4.77. The number of nitrogens with zero attached hydrogens (tertiary/aromatic N) is 1. The van der Waals surface area contributed by atoms with Gasteiger partial charge in [0.15, 0.2) is 0 Å². The molecule has 0 saturated carbocycles. The second-order valence-electron chi connectivity index (χ2n) is 7.23. The third-order valence-corrected chi connectivity index (χ3v) is 4.77. The molecule has 0 atom stereocenters. The van der Waals surface area contributed by atoms with E-state index in [2.05, 4.69) is 18.7 Å². The van der Waals surface area contributed by atoms with Gasteiger partial charge in [0.25, 0.3) is 0 Å². The van der Waals surface area contributed by atoms with E-state index in [1.165, 1.54) is 96.7 Å². The first-order valence-corrected chi connectivity index (χ1v) is 10.6. The van der Waals surface area contributed by atoms with Gasteiger partial charge >= 0.3 is 5.97 Å². The van der Waals surface area contributed by atoms with Gasteiger partial charge in [-0.05, 0) is 45.3 Å². The van der Waals surface area contributed by atoms with Crippen molar-refractivity contribution in [3.05, 3.63) is 0 Å². The van der Waals surface area contributed by atoms with Crippen LogP contribution >= 0.6 is 0 Å². The van der Waals surface area contributed by atoms with Crippen LogP contribution in [0.3, 0.4) is 0 Å². The lowest BCUT2D eigenvalue weighted by Gasteiger charge is -2.22. The Kier molecular flexibility index (Phi) is 18.3. The number of hydrogen-bond donors (Lipinski definition) is 1. The lowest BCUT2D eigenvalue weighted by Crippen LogP contribution is -2.27. The van der Waals surface area contributed by atoms with Gasteiger partial charge in [0.05, 0.1) is 0 Å². The van der Waals surface area contributed by atoms with Crippen LogP contribution in [0.2, 0.25) is 0 Å². The quantitative estimate of drug-likeness (QED) is 0.282. The van der Waals surface area contributed by atoms with Gasteiger partial charge in [0.1, 0.15) is 0 Å². The van der Waals surface area contributed by atoms with Crippen molar-refractivity contribution in [3.8, 4) is 0 Å². The van der Waals surface area contributed by atoms with E-state index in [0.29, 0.717) is 6.42 Å². The predicted molar refractivity (Wildman–Crippen MR) is 105 cm³/mol. The minimum absolute atomic E-state index is 0.339. The Hall–Kier alpha value is -0.570. The summed E-state index contributed by atoms with van der Waals surface area (Å²) in [5.41, 5.74) is 0. The second kappa shape index (κ2) is 18.8. The summed E-state index contributed by atoms with van der Waals surface area (Å²) in [5.74, 6) is -0.655. The second-order valence-corrected chi connectivity index (χ2v) is 7.23. The highest BCUT2D eigenvalue weighted by molar-refractivity contribution is 5.66. The van der Waals surface area contributed by atoms with Crippen LogP contribution in [0.4, 0.5) is 0 Å². The molecule has 0 aliphatic carbocycles. The van der Waals surface area contributed by atoms with Gasteiger partial charge in [-0.15, -0.1) is 0 Å². The molecule has 1 N–H and O–H groups in total. The fourth-order valence-corrected chi connectivity index (χ4v) is 3.18. The van der Waals surface area contributed by atoms with Gasteiger partial charge in [-0.3, -0.25) is 4.79 Å². The number of carboxylic acid groups (broad SMARTS) is 1. The molecular weight excluding hydrogens is 298 g/mol. The fourth-order valence-electron chi connectivity index (χ4n) is 3.18. The van der Waals surface area contributed by atoms with Gasteiger partial charge in [-0.1, -0.05) is 78.1 Å². The Labute approximate surface area is 151 Å². The smallest absolute Gasteiger partial charge is 0.303 e. The molecule has 0 bridgehead atoms. The van der Waals surface area contributed by atoms with E-state index < -0.39 is 5.97 Å². The van der Waals surface area contributed by atoms with Crippen LogP contribution in [-0.2, 0) is 4.79 Å². The number of aliphatic carboxylic acids is 1. The summed E-state index contributed by atoms with van der Waals surface area (Å²) in [6.45, 7) is 8.43. The maximum absolute atomic E-state index is 10.4. The van der Waals surface area contributed by atoms with E-state index in [1.807, 2.05) is 0 Å². The van der Waals surface area contributed by atoms with Crippen molar-refractivity contribution in [2.45, 2.75) is 110 Å². The zero-order valence-electron chi connectivity index (χ0n) is 16.5. The largest absolute Gasteiger partial charge is 0.481 e. The van der Waals surface area contributed by atoms with Crippen LogP contribution in [-0.4, -0.2) is 35.6 Å². The lowest BCUT2D eigenvalue weighted by molar-refractivity contribution is -0.137. The summed E-state index contributed by atoms with van der Waals surface area (Å²) < 4.78 is 0. The molecule has 0 aliphatic rings. The Morgan fingerprint density at radius 1 is 0.625 bits per heavy atom. The molecule has 144 valence electrons. The average molecular weight is 342 g/mol. The molecular formula is C21H43NO2. The molecule has 0 rings (SSSR count). The monoisotopic (exact) mass is 341 g/mol. The Morgan fingerprint density at radius 3 is 1.42 bits per heavy atom. The van der Waals surface area contributed by atoms with Crippen molar-refractivity contribution in [2.75, 3.05) is 19.6 Å². The number of unbranched alkanes of at least 4 members (excludes halogenated alkanes) is 11. The summed E-state index contributed by atoms with van der Waals surface area (Å²) in [7, 11) is 0. The molecule has 3 nitrogen and oxygen atoms in total. The van der Waals surface area contributed by atoms with Crippen LogP contribution in [0.1, 0.15) is 110 Å². The molecule has 0 aromatic heterocycles. The van der Waals surface area contributed by atoms with Crippen molar-refractivity contribution in [1.82, 2.24) is 4.90 Å². The number of carboxylic acids is 1. The van der Waals surface area contributed by atoms with E-state index in [4.69, 9.17) is 5.11 Å². The van der Waals surface area contributed by atoms with Crippen LogP contribution in [0.5, 0.6) is 0 Å². The molecule has 0 saturated heterocycles. The SMILES string of the molecule is CCCCCN(CCCCC)CCCCCCCCCCC(=O)O. The predicted octanol–water partition coefficient (Wildman–Crippen LogP) is 6.26. The van der Waals surface area contributed by atoms with E-state index in [1.54, 1.807) is 0 Å². The maximum Gasteiger partial charge on any atom is 0.303 e. The van der Waals surface area contributed by atoms with Gasteiger partial charge in [-0.25, -0.2) is 0 Å². The summed E-state index contributed by atoms with van der Waals surface area (Å²) in [6, 6.07) is 0. The molecule has 0 aromatic carbocycles. The highest BCUT2D eigenvalue weighted by Crippen LogP contribution is 2.11. The highest BCUT2D eigenvalue weighted by Gasteiger charge is 2.04. The summed E-state index contributed by atoms with van der Waals surface area (Å²) >= 11 is 0. The standard InChI is InChI=1S/C21H43NO2/c1-3-5-14-18-22(19-15-6-4-2)20-16-12-10-8-7-9-11-13-17-21(23)24/h3-20H2,1-2H3,(H,23,24). The molecule has 3 heteroatoms. The van der Waals surface area contributed by atoms with Crippen LogP contribution in [0.15, 0.2) is 0 Å². The van der Waals surface area contributed by atoms with E-state index >= 15 is 0 Å². The number of carbonyl (C=O) groups is 1. The first kappa shape index (κ1) is 23.4. The number of rotatable bonds is 19. The van der Waals surface area contributed by atoms with Crippen molar-refractivity contribution >= 4 is 5.97 Å². The van der Waals surface area contributed by atoms with Crippen LogP contribution in [0, 0.1) is 0 Å². The zero-order valence-corrected chi connectivity index (χ0v) is 16.5. The van der Waals surface area contributed by atoms with Gasteiger partial charge in [0, 0.05) is 6.42 Å². The zero-order chi connectivity index (χ0) is 17.9. The van der Waals surface area contributed by atoms with Crippen molar-refractivity contribution in [1.29, 1.82) is 0 Å². The molecule has 0 spiro atoms. The van der Waals surface area contributed by atoms with E-state index in [-0.39, 0.29) is 0 Å².